The smallest absolute Gasteiger partial charge is 0.133 e. The van der Waals surface area contributed by atoms with Crippen LogP contribution < -0.4 is 5.32 Å². The number of hydrogen-bond acceptors (Lipinski definition) is 5. The van der Waals surface area contributed by atoms with Crippen molar-refractivity contribution < 1.29 is 0 Å². The number of rotatable bonds is 4. The van der Waals surface area contributed by atoms with Gasteiger partial charge in [-0.25, -0.2) is 15.0 Å². The molecule has 0 aliphatic carbocycles. The van der Waals surface area contributed by atoms with Gasteiger partial charge in [-0.05, 0) is 64.1 Å². The minimum absolute atomic E-state index is 0.776. The van der Waals surface area contributed by atoms with E-state index in [2.05, 4.69) is 46.2 Å². The van der Waals surface area contributed by atoms with Crippen LogP contribution in [0.25, 0.3) is 0 Å². The number of pyridine rings is 1. The SMILES string of the molecule is CCNc1nc(C)nc(Sc2cc(C)cc(C)n2)c1C. The molecule has 0 aromatic carbocycles. The third-order valence-electron chi connectivity index (χ3n) is 2.83. The van der Waals surface area contributed by atoms with E-state index in [-0.39, 0.29) is 0 Å². The van der Waals surface area contributed by atoms with Gasteiger partial charge in [0.05, 0.1) is 0 Å². The Kier molecular flexibility index (Phi) is 4.60. The molecule has 0 unspecified atom stereocenters. The summed E-state index contributed by atoms with van der Waals surface area (Å²) in [4.78, 5) is 13.5. The number of nitrogens with one attached hydrogen (secondary N) is 1. The van der Waals surface area contributed by atoms with Crippen molar-refractivity contribution >= 4 is 17.6 Å². The lowest BCUT2D eigenvalue weighted by Crippen LogP contribution is -2.05. The van der Waals surface area contributed by atoms with E-state index in [1.807, 2.05) is 20.8 Å². The summed E-state index contributed by atoms with van der Waals surface area (Å²) in [5.74, 6) is 1.69. The average molecular weight is 288 g/mol. The van der Waals surface area contributed by atoms with Crippen molar-refractivity contribution in [1.82, 2.24) is 15.0 Å². The second-order valence-corrected chi connectivity index (χ2v) is 5.82. The Morgan fingerprint density at radius 3 is 2.45 bits per heavy atom. The molecule has 2 aromatic heterocycles. The van der Waals surface area contributed by atoms with Crippen LogP contribution in [0.3, 0.4) is 0 Å². The maximum absolute atomic E-state index is 4.56. The molecule has 0 saturated heterocycles. The van der Waals surface area contributed by atoms with Crippen LogP contribution in [0.4, 0.5) is 5.82 Å². The Hall–Kier alpha value is -1.62. The van der Waals surface area contributed by atoms with Gasteiger partial charge >= 0.3 is 0 Å². The largest absolute Gasteiger partial charge is 0.370 e. The van der Waals surface area contributed by atoms with E-state index >= 15 is 0 Å². The van der Waals surface area contributed by atoms with Crippen LogP contribution in [0.1, 0.15) is 29.6 Å². The van der Waals surface area contributed by atoms with Crippen LogP contribution in [0, 0.1) is 27.7 Å². The molecule has 0 spiro atoms. The molecule has 2 aromatic rings. The quantitative estimate of drug-likeness (QED) is 0.870. The molecule has 0 saturated carbocycles. The van der Waals surface area contributed by atoms with Crippen molar-refractivity contribution in [2.45, 2.75) is 44.7 Å². The molecule has 0 fully saturated rings. The fourth-order valence-electron chi connectivity index (χ4n) is 2.00. The summed E-state index contributed by atoms with van der Waals surface area (Å²) in [5, 5.41) is 5.22. The summed E-state index contributed by atoms with van der Waals surface area (Å²) >= 11 is 1.59. The van der Waals surface area contributed by atoms with E-state index in [1.54, 1.807) is 11.8 Å². The van der Waals surface area contributed by atoms with Gasteiger partial charge in [0.25, 0.3) is 0 Å². The number of anilines is 1. The second-order valence-electron chi connectivity index (χ2n) is 4.81. The lowest BCUT2D eigenvalue weighted by molar-refractivity contribution is 0.928. The standard InChI is InChI=1S/C15H20N4S/c1-6-16-14-11(4)15(19-12(5)18-14)20-13-8-9(2)7-10(3)17-13/h7-8H,6H2,1-5H3,(H,16,18,19). The monoisotopic (exact) mass is 288 g/mol. The average Bonchev–Trinajstić information content (AvgIpc) is 2.34. The van der Waals surface area contributed by atoms with Crippen LogP contribution in [0.2, 0.25) is 0 Å². The lowest BCUT2D eigenvalue weighted by atomic mass is 10.3. The van der Waals surface area contributed by atoms with Gasteiger partial charge in [0.2, 0.25) is 0 Å². The lowest BCUT2D eigenvalue weighted by Gasteiger charge is -2.11. The summed E-state index contributed by atoms with van der Waals surface area (Å²) in [6.45, 7) is 11.0. The Morgan fingerprint density at radius 1 is 1.05 bits per heavy atom. The van der Waals surface area contributed by atoms with Crippen molar-refractivity contribution in [3.8, 4) is 0 Å². The van der Waals surface area contributed by atoms with Crippen LogP contribution in [-0.4, -0.2) is 21.5 Å². The molecule has 0 atom stereocenters. The van der Waals surface area contributed by atoms with E-state index in [0.717, 1.165) is 39.5 Å². The molecule has 20 heavy (non-hydrogen) atoms. The molecule has 0 bridgehead atoms. The summed E-state index contributed by atoms with van der Waals surface area (Å²) < 4.78 is 0. The van der Waals surface area contributed by atoms with Gasteiger partial charge in [0.1, 0.15) is 21.7 Å². The predicted molar refractivity (Wildman–Crippen MR) is 83.5 cm³/mol. The third kappa shape index (κ3) is 3.48. The number of aromatic nitrogens is 3. The fraction of sp³-hybridized carbons (Fsp3) is 0.400. The van der Waals surface area contributed by atoms with Gasteiger partial charge in [0, 0.05) is 17.8 Å². The molecule has 1 N–H and O–H groups in total. The zero-order valence-corrected chi connectivity index (χ0v) is 13.4. The molecule has 5 heteroatoms. The highest BCUT2D eigenvalue weighted by Crippen LogP contribution is 2.30. The zero-order chi connectivity index (χ0) is 14.7. The highest BCUT2D eigenvalue weighted by molar-refractivity contribution is 7.99. The molecular formula is C15H20N4S. The summed E-state index contributed by atoms with van der Waals surface area (Å²) in [6, 6.07) is 4.16. The van der Waals surface area contributed by atoms with E-state index in [0.29, 0.717) is 0 Å². The summed E-state index contributed by atoms with van der Waals surface area (Å²) in [5.41, 5.74) is 3.32. The molecule has 0 aliphatic heterocycles. The number of hydrogen-bond donors (Lipinski definition) is 1. The van der Waals surface area contributed by atoms with Crippen LogP contribution in [-0.2, 0) is 0 Å². The van der Waals surface area contributed by atoms with Crippen LogP contribution in [0.15, 0.2) is 22.2 Å². The Morgan fingerprint density at radius 2 is 1.80 bits per heavy atom. The van der Waals surface area contributed by atoms with Crippen molar-refractivity contribution in [1.29, 1.82) is 0 Å². The highest BCUT2D eigenvalue weighted by atomic mass is 32.2. The second kappa shape index (κ2) is 6.22. The third-order valence-corrected chi connectivity index (χ3v) is 3.84. The van der Waals surface area contributed by atoms with Gasteiger partial charge in [-0.1, -0.05) is 0 Å². The number of aryl methyl sites for hydroxylation is 3. The van der Waals surface area contributed by atoms with Gasteiger partial charge < -0.3 is 5.32 Å². The van der Waals surface area contributed by atoms with Gasteiger partial charge in [-0.2, -0.15) is 0 Å². The van der Waals surface area contributed by atoms with E-state index < -0.39 is 0 Å². The first-order valence-corrected chi connectivity index (χ1v) is 7.53. The van der Waals surface area contributed by atoms with Crippen molar-refractivity contribution in [2.24, 2.45) is 0 Å². The Labute approximate surface area is 124 Å². The maximum Gasteiger partial charge on any atom is 0.133 e. The zero-order valence-electron chi connectivity index (χ0n) is 12.6. The Balaban J connectivity index is 2.37. The summed E-state index contributed by atoms with van der Waals surface area (Å²) in [7, 11) is 0. The van der Waals surface area contributed by atoms with Gasteiger partial charge in [-0.15, -0.1) is 0 Å². The van der Waals surface area contributed by atoms with Crippen molar-refractivity contribution in [3.05, 3.63) is 34.8 Å². The van der Waals surface area contributed by atoms with E-state index in [9.17, 15) is 0 Å². The topological polar surface area (TPSA) is 50.7 Å². The molecular weight excluding hydrogens is 268 g/mol. The first-order valence-electron chi connectivity index (χ1n) is 6.72. The molecule has 0 aliphatic rings. The van der Waals surface area contributed by atoms with Gasteiger partial charge in [-0.3, -0.25) is 0 Å². The van der Waals surface area contributed by atoms with E-state index in [1.165, 1.54) is 5.56 Å². The molecule has 106 valence electrons. The molecule has 0 radical (unpaired) electrons. The van der Waals surface area contributed by atoms with Gasteiger partial charge in [0.15, 0.2) is 0 Å². The van der Waals surface area contributed by atoms with Crippen LogP contribution in [0.5, 0.6) is 0 Å². The van der Waals surface area contributed by atoms with E-state index in [4.69, 9.17) is 0 Å². The fourth-order valence-corrected chi connectivity index (χ4v) is 3.06. The molecule has 2 rings (SSSR count). The highest BCUT2D eigenvalue weighted by Gasteiger charge is 2.11. The summed E-state index contributed by atoms with van der Waals surface area (Å²) in [6.07, 6.45) is 0. The minimum atomic E-state index is 0.776. The van der Waals surface area contributed by atoms with Crippen molar-refractivity contribution in [3.63, 3.8) is 0 Å². The first-order chi connectivity index (χ1) is 9.49. The molecule has 4 nitrogen and oxygen atoms in total. The minimum Gasteiger partial charge on any atom is -0.370 e. The van der Waals surface area contributed by atoms with Crippen LogP contribution >= 0.6 is 11.8 Å². The first kappa shape index (κ1) is 14.8. The van der Waals surface area contributed by atoms with Crippen molar-refractivity contribution in [2.75, 3.05) is 11.9 Å². The molecule has 0 amide bonds. The normalized spacial score (nSPS) is 10.7. The number of nitrogens with zero attached hydrogens (tertiary/aromatic N) is 3. The predicted octanol–water partition coefficient (Wildman–Crippen LogP) is 3.69. The molecule has 2 heterocycles. The maximum atomic E-state index is 4.56. The Bertz CT molecular complexity index is 605.